The van der Waals surface area contributed by atoms with Crippen LogP contribution in [0.1, 0.15) is 19.7 Å². The molecule has 0 atom stereocenters. The molecule has 0 aliphatic heterocycles. The fraction of sp³-hybridized carbons (Fsp3) is 0.300. The van der Waals surface area contributed by atoms with Crippen LogP contribution in [0.15, 0.2) is 12.3 Å². The Labute approximate surface area is 108 Å². The van der Waals surface area contributed by atoms with Gasteiger partial charge in [-0.1, -0.05) is 23.2 Å². The van der Waals surface area contributed by atoms with Gasteiger partial charge in [-0.2, -0.15) is 0 Å². The van der Waals surface area contributed by atoms with Gasteiger partial charge in [0.2, 0.25) is 0 Å². The second-order valence-corrected chi connectivity index (χ2v) is 6.39. The third-order valence-electron chi connectivity index (χ3n) is 2.13. The van der Waals surface area contributed by atoms with Crippen LogP contribution in [0.3, 0.4) is 0 Å². The standard InChI is InChI=1S/C10H11Cl2N3S/c1-10(2,13)9-14-4-6(15-9)5-3-7(11)16-8(5)12/h3-4H,13H2,1-2H3,(H,14,15). The van der Waals surface area contributed by atoms with Crippen molar-refractivity contribution < 1.29 is 0 Å². The van der Waals surface area contributed by atoms with Crippen molar-refractivity contribution in [1.29, 1.82) is 0 Å². The molecule has 0 aromatic carbocycles. The summed E-state index contributed by atoms with van der Waals surface area (Å²) in [6, 6.07) is 1.81. The fourth-order valence-corrected chi connectivity index (χ4v) is 2.80. The lowest BCUT2D eigenvalue weighted by Gasteiger charge is -2.14. The van der Waals surface area contributed by atoms with E-state index >= 15 is 0 Å². The zero-order valence-electron chi connectivity index (χ0n) is 8.84. The first-order chi connectivity index (χ1) is 7.38. The largest absolute Gasteiger partial charge is 0.340 e. The van der Waals surface area contributed by atoms with Gasteiger partial charge in [-0.05, 0) is 19.9 Å². The number of nitrogens with zero attached hydrogens (tertiary/aromatic N) is 1. The molecule has 16 heavy (non-hydrogen) atoms. The highest BCUT2D eigenvalue weighted by Crippen LogP contribution is 2.37. The molecule has 2 rings (SSSR count). The Kier molecular flexibility index (Phi) is 3.01. The summed E-state index contributed by atoms with van der Waals surface area (Å²) in [6.07, 6.45) is 1.72. The monoisotopic (exact) mass is 275 g/mol. The summed E-state index contributed by atoms with van der Waals surface area (Å²) in [4.78, 5) is 7.39. The van der Waals surface area contributed by atoms with Gasteiger partial charge < -0.3 is 10.7 Å². The van der Waals surface area contributed by atoms with E-state index in [1.54, 1.807) is 6.20 Å². The van der Waals surface area contributed by atoms with E-state index in [0.29, 0.717) is 8.67 Å². The molecule has 3 nitrogen and oxygen atoms in total. The van der Waals surface area contributed by atoms with Crippen molar-refractivity contribution in [3.63, 3.8) is 0 Å². The number of hydrogen-bond acceptors (Lipinski definition) is 3. The number of hydrogen-bond donors (Lipinski definition) is 2. The van der Waals surface area contributed by atoms with Gasteiger partial charge in [0.25, 0.3) is 0 Å². The molecule has 0 aliphatic rings. The Balaban J connectivity index is 2.43. The average Bonchev–Trinajstić information content (AvgIpc) is 2.70. The van der Waals surface area contributed by atoms with Crippen LogP contribution >= 0.6 is 34.5 Å². The van der Waals surface area contributed by atoms with E-state index in [1.807, 2.05) is 19.9 Å². The van der Waals surface area contributed by atoms with Crippen molar-refractivity contribution in [2.45, 2.75) is 19.4 Å². The van der Waals surface area contributed by atoms with E-state index in [0.717, 1.165) is 17.1 Å². The first kappa shape index (κ1) is 11.9. The number of halogens is 2. The molecule has 0 aliphatic carbocycles. The van der Waals surface area contributed by atoms with Crippen LogP contribution in [0.25, 0.3) is 11.3 Å². The number of nitrogens with two attached hydrogens (primary N) is 1. The first-order valence-corrected chi connectivity index (χ1v) is 6.25. The van der Waals surface area contributed by atoms with Crippen LogP contribution in [0, 0.1) is 0 Å². The summed E-state index contributed by atoms with van der Waals surface area (Å²) < 4.78 is 1.30. The molecule has 2 aromatic rings. The van der Waals surface area contributed by atoms with Gasteiger partial charge in [0.1, 0.15) is 10.2 Å². The van der Waals surface area contributed by atoms with Crippen LogP contribution in [0.4, 0.5) is 0 Å². The van der Waals surface area contributed by atoms with E-state index in [9.17, 15) is 0 Å². The van der Waals surface area contributed by atoms with Crippen LogP contribution in [0.2, 0.25) is 8.67 Å². The highest BCUT2D eigenvalue weighted by atomic mass is 35.5. The van der Waals surface area contributed by atoms with E-state index < -0.39 is 5.54 Å². The first-order valence-electron chi connectivity index (χ1n) is 4.67. The lowest BCUT2D eigenvalue weighted by Crippen LogP contribution is -2.30. The Morgan fingerprint density at radius 1 is 1.44 bits per heavy atom. The van der Waals surface area contributed by atoms with Crippen molar-refractivity contribution in [2.24, 2.45) is 5.73 Å². The molecule has 0 saturated heterocycles. The van der Waals surface area contributed by atoms with Gasteiger partial charge in [0, 0.05) is 5.56 Å². The van der Waals surface area contributed by atoms with Crippen molar-refractivity contribution in [2.75, 3.05) is 0 Å². The predicted molar refractivity (Wildman–Crippen MR) is 69.1 cm³/mol. The van der Waals surface area contributed by atoms with Gasteiger partial charge in [-0.25, -0.2) is 4.98 Å². The highest BCUT2D eigenvalue weighted by molar-refractivity contribution is 7.20. The van der Waals surface area contributed by atoms with Crippen LogP contribution in [-0.2, 0) is 5.54 Å². The average molecular weight is 276 g/mol. The Hall–Kier alpha value is -0.550. The number of rotatable bonds is 2. The predicted octanol–water partition coefficient (Wildman–Crippen LogP) is 3.64. The molecule has 2 heterocycles. The number of imidazole rings is 1. The smallest absolute Gasteiger partial charge is 0.126 e. The molecule has 0 spiro atoms. The number of nitrogens with one attached hydrogen (secondary N) is 1. The summed E-state index contributed by atoms with van der Waals surface area (Å²) in [5.41, 5.74) is 7.14. The molecule has 6 heteroatoms. The number of thiophene rings is 1. The maximum atomic E-state index is 6.06. The second kappa shape index (κ2) is 4.04. The minimum Gasteiger partial charge on any atom is -0.340 e. The Morgan fingerprint density at radius 3 is 2.56 bits per heavy atom. The maximum Gasteiger partial charge on any atom is 0.126 e. The summed E-state index contributed by atoms with van der Waals surface area (Å²) in [5.74, 6) is 0.723. The van der Waals surface area contributed by atoms with Gasteiger partial charge in [0.15, 0.2) is 0 Å². The lowest BCUT2D eigenvalue weighted by molar-refractivity contribution is 0.520. The van der Waals surface area contributed by atoms with E-state index in [2.05, 4.69) is 9.97 Å². The van der Waals surface area contributed by atoms with Crippen molar-refractivity contribution in [3.05, 3.63) is 26.8 Å². The van der Waals surface area contributed by atoms with Crippen LogP contribution in [0.5, 0.6) is 0 Å². The van der Waals surface area contributed by atoms with Gasteiger partial charge >= 0.3 is 0 Å². The summed E-state index contributed by atoms with van der Waals surface area (Å²) in [6.45, 7) is 3.77. The minimum absolute atomic E-state index is 0.495. The van der Waals surface area contributed by atoms with Gasteiger partial charge in [-0.3, -0.25) is 0 Å². The molecule has 86 valence electrons. The van der Waals surface area contributed by atoms with E-state index in [4.69, 9.17) is 28.9 Å². The van der Waals surface area contributed by atoms with Crippen LogP contribution in [-0.4, -0.2) is 9.97 Å². The third kappa shape index (κ3) is 2.25. The van der Waals surface area contributed by atoms with Gasteiger partial charge in [-0.15, -0.1) is 11.3 Å². The Morgan fingerprint density at radius 2 is 2.12 bits per heavy atom. The third-order valence-corrected chi connectivity index (χ3v) is 3.62. The van der Waals surface area contributed by atoms with Crippen molar-refractivity contribution in [3.8, 4) is 11.3 Å². The summed E-state index contributed by atoms with van der Waals surface area (Å²) in [5, 5.41) is 0. The number of H-pyrrole nitrogens is 1. The quantitative estimate of drug-likeness (QED) is 0.879. The Bertz CT molecular complexity index is 510. The van der Waals surface area contributed by atoms with Crippen LogP contribution < -0.4 is 5.73 Å². The molecule has 0 fully saturated rings. The summed E-state index contributed by atoms with van der Waals surface area (Å²) in [7, 11) is 0. The highest BCUT2D eigenvalue weighted by Gasteiger charge is 2.19. The maximum absolute atomic E-state index is 6.06. The zero-order valence-corrected chi connectivity index (χ0v) is 11.2. The SMILES string of the molecule is CC(C)(N)c1ncc(-c2cc(Cl)sc2Cl)[nH]1. The fourth-order valence-electron chi connectivity index (χ4n) is 1.31. The zero-order chi connectivity index (χ0) is 11.9. The molecule has 0 amide bonds. The van der Waals surface area contributed by atoms with Crippen molar-refractivity contribution in [1.82, 2.24) is 9.97 Å². The molecule has 0 bridgehead atoms. The molecular formula is C10H11Cl2N3S. The minimum atomic E-state index is -0.495. The molecular weight excluding hydrogens is 265 g/mol. The molecule has 2 aromatic heterocycles. The second-order valence-electron chi connectivity index (χ2n) is 4.11. The number of aromatic amines is 1. The topological polar surface area (TPSA) is 54.7 Å². The molecule has 3 N–H and O–H groups in total. The van der Waals surface area contributed by atoms with Crippen molar-refractivity contribution >= 4 is 34.5 Å². The van der Waals surface area contributed by atoms with E-state index in [1.165, 1.54) is 11.3 Å². The molecule has 0 unspecified atom stereocenters. The molecule has 0 saturated carbocycles. The lowest BCUT2D eigenvalue weighted by atomic mass is 10.1. The van der Waals surface area contributed by atoms with Gasteiger partial charge in [0.05, 0.1) is 21.8 Å². The number of aromatic nitrogens is 2. The molecule has 0 radical (unpaired) electrons. The summed E-state index contributed by atoms with van der Waals surface area (Å²) >= 11 is 13.3. The normalized spacial score (nSPS) is 12.1. The van der Waals surface area contributed by atoms with E-state index in [-0.39, 0.29) is 0 Å².